The topological polar surface area (TPSA) is 41.5 Å². The van der Waals surface area contributed by atoms with Crippen molar-refractivity contribution in [3.63, 3.8) is 0 Å². The highest BCUT2D eigenvalue weighted by Gasteiger charge is 2.58. The summed E-state index contributed by atoms with van der Waals surface area (Å²) in [7, 11) is 0. The molecular weight excluding hydrogens is 190 g/mol. The second-order valence-electron chi connectivity index (χ2n) is 5.07. The van der Waals surface area contributed by atoms with Crippen LogP contribution in [0.5, 0.6) is 0 Å². The molecule has 15 heavy (non-hydrogen) atoms. The summed E-state index contributed by atoms with van der Waals surface area (Å²) in [6.45, 7) is 5.17. The Labute approximate surface area is 92.2 Å². The number of ether oxygens (including phenoxy) is 1. The van der Waals surface area contributed by atoms with E-state index in [-0.39, 0.29) is 12.6 Å². The normalized spacial score (nSPS) is 34.6. The molecule has 2 aliphatic rings. The first-order chi connectivity index (χ1) is 7.23. The summed E-state index contributed by atoms with van der Waals surface area (Å²) in [5, 5.41) is 12.6. The molecule has 2 N–H and O–H groups in total. The molecule has 0 aliphatic heterocycles. The van der Waals surface area contributed by atoms with Crippen molar-refractivity contribution in [1.29, 1.82) is 0 Å². The average Bonchev–Trinajstić information content (AvgIpc) is 2.13. The summed E-state index contributed by atoms with van der Waals surface area (Å²) in [4.78, 5) is 0. The fraction of sp³-hybridized carbons (Fsp3) is 1.00. The van der Waals surface area contributed by atoms with Gasteiger partial charge in [0.2, 0.25) is 0 Å². The molecule has 1 spiro atoms. The maximum absolute atomic E-state index is 9.04. The van der Waals surface area contributed by atoms with Crippen LogP contribution in [0.1, 0.15) is 39.5 Å². The highest BCUT2D eigenvalue weighted by atomic mass is 16.5. The molecule has 3 nitrogen and oxygen atoms in total. The Kier molecular flexibility index (Phi) is 3.33. The van der Waals surface area contributed by atoms with Gasteiger partial charge >= 0.3 is 0 Å². The summed E-state index contributed by atoms with van der Waals surface area (Å²) in [5.41, 5.74) is 0.416. The third-order valence-corrected chi connectivity index (χ3v) is 4.20. The van der Waals surface area contributed by atoms with E-state index in [1.165, 1.54) is 19.3 Å². The third-order valence-electron chi connectivity index (χ3n) is 4.20. The van der Waals surface area contributed by atoms with Crippen LogP contribution in [0.25, 0.3) is 0 Å². The van der Waals surface area contributed by atoms with Gasteiger partial charge in [-0.15, -0.1) is 0 Å². The second-order valence-corrected chi connectivity index (χ2v) is 5.07. The maximum atomic E-state index is 9.04. The molecule has 2 saturated carbocycles. The van der Waals surface area contributed by atoms with E-state index >= 15 is 0 Å². The molecule has 0 aromatic carbocycles. The zero-order valence-corrected chi connectivity index (χ0v) is 9.83. The zero-order valence-electron chi connectivity index (χ0n) is 9.83. The van der Waals surface area contributed by atoms with E-state index < -0.39 is 0 Å². The standard InChI is InChI=1S/C12H23NO2/c1-3-15-11-7-10(13-9(2)8-14)12(11)5-4-6-12/h9-11,13-14H,3-8H2,1-2H3. The molecule has 2 fully saturated rings. The first-order valence-electron chi connectivity index (χ1n) is 6.21. The van der Waals surface area contributed by atoms with Crippen molar-refractivity contribution in [3.05, 3.63) is 0 Å². The maximum Gasteiger partial charge on any atom is 0.0661 e. The summed E-state index contributed by atoms with van der Waals surface area (Å²) in [6, 6.07) is 0.792. The van der Waals surface area contributed by atoms with Gasteiger partial charge in [-0.2, -0.15) is 0 Å². The SMILES string of the molecule is CCOC1CC(NC(C)CO)C12CCC2. The second kappa shape index (κ2) is 4.40. The molecule has 2 aliphatic carbocycles. The molecule has 3 atom stereocenters. The molecule has 3 heteroatoms. The number of hydrogen-bond acceptors (Lipinski definition) is 3. The highest BCUT2D eigenvalue weighted by Crippen LogP contribution is 2.57. The molecule has 88 valence electrons. The lowest BCUT2D eigenvalue weighted by molar-refractivity contribution is -0.175. The minimum absolute atomic E-state index is 0.218. The Morgan fingerprint density at radius 2 is 2.27 bits per heavy atom. The van der Waals surface area contributed by atoms with Crippen LogP contribution >= 0.6 is 0 Å². The smallest absolute Gasteiger partial charge is 0.0661 e. The molecule has 0 amide bonds. The molecule has 2 rings (SSSR count). The van der Waals surface area contributed by atoms with Gasteiger partial charge in [0.1, 0.15) is 0 Å². The van der Waals surface area contributed by atoms with Gasteiger partial charge in [-0.25, -0.2) is 0 Å². The lowest BCUT2D eigenvalue weighted by atomic mass is 9.51. The molecule has 0 heterocycles. The van der Waals surface area contributed by atoms with E-state index in [4.69, 9.17) is 9.84 Å². The Balaban J connectivity index is 1.88. The molecule has 0 bridgehead atoms. The Hall–Kier alpha value is -0.120. The van der Waals surface area contributed by atoms with E-state index in [2.05, 4.69) is 12.2 Å². The van der Waals surface area contributed by atoms with Crippen molar-refractivity contribution in [2.75, 3.05) is 13.2 Å². The molecular formula is C12H23NO2. The number of rotatable bonds is 5. The van der Waals surface area contributed by atoms with Crippen molar-refractivity contribution in [2.24, 2.45) is 5.41 Å². The third kappa shape index (κ3) is 1.81. The van der Waals surface area contributed by atoms with Crippen molar-refractivity contribution in [1.82, 2.24) is 5.32 Å². The van der Waals surface area contributed by atoms with Crippen LogP contribution in [-0.4, -0.2) is 36.5 Å². The molecule has 0 radical (unpaired) electrons. The van der Waals surface area contributed by atoms with Crippen molar-refractivity contribution >= 4 is 0 Å². The van der Waals surface area contributed by atoms with Crippen LogP contribution in [0.15, 0.2) is 0 Å². The number of hydrogen-bond donors (Lipinski definition) is 2. The quantitative estimate of drug-likeness (QED) is 0.723. The van der Waals surface area contributed by atoms with Crippen molar-refractivity contribution < 1.29 is 9.84 Å². The Bertz CT molecular complexity index is 216. The van der Waals surface area contributed by atoms with Gasteiger partial charge in [0.05, 0.1) is 12.7 Å². The first-order valence-corrected chi connectivity index (χ1v) is 6.21. The number of aliphatic hydroxyl groups is 1. The first kappa shape index (κ1) is 11.4. The lowest BCUT2D eigenvalue weighted by Crippen LogP contribution is -2.68. The van der Waals surface area contributed by atoms with Crippen LogP contribution in [0.2, 0.25) is 0 Å². The van der Waals surface area contributed by atoms with Gasteiger partial charge in [0.25, 0.3) is 0 Å². The minimum atomic E-state index is 0.218. The predicted octanol–water partition coefficient (Wildman–Crippen LogP) is 1.30. The Morgan fingerprint density at radius 3 is 2.73 bits per heavy atom. The van der Waals surface area contributed by atoms with Crippen LogP contribution in [0.4, 0.5) is 0 Å². The molecule has 0 aromatic rings. The molecule has 0 saturated heterocycles. The fourth-order valence-corrected chi connectivity index (χ4v) is 3.07. The Morgan fingerprint density at radius 1 is 1.53 bits per heavy atom. The number of nitrogens with one attached hydrogen (secondary N) is 1. The van der Waals surface area contributed by atoms with Gasteiger partial charge in [0.15, 0.2) is 0 Å². The predicted molar refractivity (Wildman–Crippen MR) is 59.8 cm³/mol. The van der Waals surface area contributed by atoms with Gasteiger partial charge in [-0.1, -0.05) is 6.42 Å². The summed E-state index contributed by atoms with van der Waals surface area (Å²) < 4.78 is 5.78. The minimum Gasteiger partial charge on any atom is -0.395 e. The van der Waals surface area contributed by atoms with Crippen LogP contribution in [-0.2, 0) is 4.74 Å². The van der Waals surface area contributed by atoms with E-state index in [0.717, 1.165) is 13.0 Å². The van der Waals surface area contributed by atoms with Crippen molar-refractivity contribution in [2.45, 2.75) is 57.7 Å². The summed E-state index contributed by atoms with van der Waals surface area (Å²) in [6.07, 6.45) is 5.54. The largest absolute Gasteiger partial charge is 0.395 e. The zero-order chi connectivity index (χ0) is 10.9. The number of aliphatic hydroxyl groups excluding tert-OH is 1. The summed E-state index contributed by atoms with van der Waals surface area (Å²) in [5.74, 6) is 0. The van der Waals surface area contributed by atoms with Gasteiger partial charge in [0, 0.05) is 24.1 Å². The average molecular weight is 213 g/mol. The van der Waals surface area contributed by atoms with Gasteiger partial charge in [-0.05, 0) is 33.1 Å². The molecule has 3 unspecified atom stereocenters. The fourth-order valence-electron chi connectivity index (χ4n) is 3.07. The molecule has 0 aromatic heterocycles. The van der Waals surface area contributed by atoms with E-state index in [0.29, 0.717) is 17.6 Å². The summed E-state index contributed by atoms with van der Waals surface area (Å²) >= 11 is 0. The van der Waals surface area contributed by atoms with Gasteiger partial charge in [-0.3, -0.25) is 0 Å². The van der Waals surface area contributed by atoms with Gasteiger partial charge < -0.3 is 15.2 Å². The van der Waals surface area contributed by atoms with Crippen LogP contribution < -0.4 is 5.32 Å². The highest BCUT2D eigenvalue weighted by molar-refractivity contribution is 5.12. The lowest BCUT2D eigenvalue weighted by Gasteiger charge is -2.61. The van der Waals surface area contributed by atoms with E-state index in [9.17, 15) is 0 Å². The van der Waals surface area contributed by atoms with Crippen LogP contribution in [0, 0.1) is 5.41 Å². The van der Waals surface area contributed by atoms with E-state index in [1.54, 1.807) is 0 Å². The van der Waals surface area contributed by atoms with E-state index in [1.807, 2.05) is 6.92 Å². The van der Waals surface area contributed by atoms with Crippen molar-refractivity contribution in [3.8, 4) is 0 Å². The van der Waals surface area contributed by atoms with Crippen LogP contribution in [0.3, 0.4) is 0 Å². The monoisotopic (exact) mass is 213 g/mol.